The van der Waals surface area contributed by atoms with Crippen LogP contribution in [-0.2, 0) is 89.8 Å². The van der Waals surface area contributed by atoms with Crippen LogP contribution >= 0.6 is 0 Å². The van der Waals surface area contributed by atoms with E-state index in [1.54, 1.807) is 52.0 Å². The first-order chi connectivity index (χ1) is 64.4. The van der Waals surface area contributed by atoms with Crippen LogP contribution in [0.25, 0.3) is 0 Å². The molecule has 0 radical (unpaired) electrons. The molecule has 9 aliphatic rings. The van der Waals surface area contributed by atoms with Gasteiger partial charge in [0.05, 0.1) is 62.0 Å². The molecule has 13 rings (SSSR count). The van der Waals surface area contributed by atoms with E-state index in [-0.39, 0.29) is 174 Å². The summed E-state index contributed by atoms with van der Waals surface area (Å²) in [5, 5.41) is 50.3. The van der Waals surface area contributed by atoms with Crippen LogP contribution in [0.15, 0.2) is 121 Å². The van der Waals surface area contributed by atoms with E-state index in [1.807, 2.05) is 0 Å². The Morgan fingerprint density at radius 2 is 0.837 bits per heavy atom. The molecule has 42 nitrogen and oxygen atoms in total. The van der Waals surface area contributed by atoms with Crippen molar-refractivity contribution in [3.63, 3.8) is 0 Å². The van der Waals surface area contributed by atoms with Crippen molar-refractivity contribution in [2.75, 3.05) is 87.1 Å². The lowest BCUT2D eigenvalue weighted by molar-refractivity contribution is -0.139. The van der Waals surface area contributed by atoms with Gasteiger partial charge in [-0.25, -0.2) is 19.4 Å². The number of hydrogen-bond acceptors (Lipinski definition) is 26. The Hall–Kier alpha value is -14.6. The second-order valence-electron chi connectivity index (χ2n) is 34.2. The number of fused-ring (bicyclic) bond motifs is 4. The van der Waals surface area contributed by atoms with Gasteiger partial charge >= 0.3 is 12.2 Å². The van der Waals surface area contributed by atoms with E-state index in [9.17, 15) is 96.5 Å². The predicted octanol–water partition coefficient (Wildman–Crippen LogP) is 3.18. The third kappa shape index (κ3) is 25.6. The zero-order valence-corrected chi connectivity index (χ0v) is 76.2. The number of ether oxygens (including phenoxy) is 6. The number of aliphatic hydroxyl groups is 2. The zero-order valence-electron chi connectivity index (χ0n) is 76.2. The minimum absolute atomic E-state index is 0.0118. The van der Waals surface area contributed by atoms with Gasteiger partial charge in [0, 0.05) is 113 Å². The van der Waals surface area contributed by atoms with Crippen LogP contribution in [-0.4, -0.2) is 264 Å². The SMILES string of the molecule is C=C1C[C@H]2C(O)N3C(=O)OCc4ccc(cc4)NC(=O)[C@H](C)NC(=O)[C@H](C(C)C)NC(=O)CCCNC(=O)[C@H](NC(=O)CCCN4C(=O)C=CC4=O)[C@H](NC(=O)CCCN4C(=O)C=CC4=O)C(=O)NCCCC(=O)N[C@H](C(C)C)C(=O)N[C@@H](C)C(=O)Nc4ccc(cc4)COC(=O)N4c5cc(c(OC)cc5C(=O)N5CC(=C)C[C@H]5C4O)OCCCCCOc4cc3c(cc4OC)C(=O)N2C1. The number of aliphatic hydroxyl groups excluding tert-OH is 2. The largest absolute Gasteiger partial charge is 0.493 e. The molecule has 9 heterocycles. The molecule has 8 bridgehead atoms. The molecule has 0 spiro atoms. The van der Waals surface area contributed by atoms with Crippen LogP contribution in [0.1, 0.15) is 157 Å². The highest BCUT2D eigenvalue weighted by Crippen LogP contribution is 2.45. The number of hydrogen-bond donors (Lipinski definition) is 12. The number of methoxy groups -OCH3 is 2. The Balaban J connectivity index is 0.811. The molecule has 2 saturated heterocycles. The lowest BCUT2D eigenvalue weighted by Gasteiger charge is -2.31. The van der Waals surface area contributed by atoms with E-state index in [0.29, 0.717) is 41.5 Å². The number of carbonyl (C=O) groups is 18. The Labute approximate surface area is 777 Å². The molecule has 722 valence electrons. The maximum atomic E-state index is 14.5. The fourth-order valence-corrected chi connectivity index (χ4v) is 16.0. The molecule has 4 aromatic carbocycles. The monoisotopic (exact) mass is 1870 g/mol. The highest BCUT2D eigenvalue weighted by molar-refractivity contribution is 6.14. The highest BCUT2D eigenvalue weighted by Gasteiger charge is 2.49. The standard InChI is InChI=1S/C93H114N16O26/c1-50(2)78-86(122)96-54(7)82(118)98-58-26-22-56(23-27-58)48-134-92(128)108-62-44-68(66(130-9)42-60(62)88(124)106-46-52(5)40-64(106)90(108)126)132-38-12-11-13-39-133-69-45-63-61(43-67(69)131-10)89(125)107-47-53(6)41-65(107)91(127)109(63)93(129)135-49-57-24-28-59(29-25-57)99-83(119)55(8)97-87(123)79(51(3)4)101-71(111)19-15-35-95-85(121)81(103-73(113)21-17-37-105-76(116)32-33-77(105)117)80(84(120)94-34-14-18-70(110)100-78)102-72(112)20-16-36-104-74(114)30-31-75(104)115/h22-33,42-45,50-51,54-55,64-65,78-81,90-91,126-127H,5-6,11-21,34-41,46-49H2,1-4,7-10H3,(H,94,120)(H,95,121)(H,96,122)(H,97,123)(H,98,118)(H,99,119)(H,100,110)(H,101,111)(H,102,112)(H,103,113)/t54-,55-,64-,65-,78-,79+,80+,81-,90?,91?/m0/s1. The molecule has 9 aliphatic heterocycles. The number of benzene rings is 4. The van der Waals surface area contributed by atoms with Crippen LogP contribution in [0.3, 0.4) is 0 Å². The second kappa shape index (κ2) is 46.2. The molecule has 10 atom stereocenters. The number of nitrogens with zero attached hydrogens (tertiary/aromatic N) is 6. The van der Waals surface area contributed by atoms with Crippen LogP contribution in [0.5, 0.6) is 23.0 Å². The maximum Gasteiger partial charge on any atom is 0.416 e. The number of rotatable bonds is 14. The van der Waals surface area contributed by atoms with Gasteiger partial charge in [-0.2, -0.15) is 0 Å². The molecule has 4 aromatic rings. The first-order valence-corrected chi connectivity index (χ1v) is 44.6. The summed E-state index contributed by atoms with van der Waals surface area (Å²) in [7, 11) is 2.75. The average Bonchev–Trinajstić information content (AvgIpc) is 1.60. The second-order valence-corrected chi connectivity index (χ2v) is 34.2. The molecule has 0 aromatic heterocycles. The summed E-state index contributed by atoms with van der Waals surface area (Å²) in [4.78, 5) is 253. The lowest BCUT2D eigenvalue weighted by atomic mass is 10.0. The minimum atomic E-state index is -1.97. The predicted molar refractivity (Wildman–Crippen MR) is 483 cm³/mol. The summed E-state index contributed by atoms with van der Waals surface area (Å²) >= 11 is 0. The van der Waals surface area contributed by atoms with Crippen molar-refractivity contribution in [1.82, 2.24) is 62.1 Å². The van der Waals surface area contributed by atoms with Gasteiger partial charge in [-0.3, -0.25) is 86.5 Å². The fourth-order valence-electron chi connectivity index (χ4n) is 16.0. The van der Waals surface area contributed by atoms with Crippen molar-refractivity contribution in [3.05, 3.63) is 144 Å². The van der Waals surface area contributed by atoms with Crippen molar-refractivity contribution in [1.29, 1.82) is 0 Å². The van der Waals surface area contributed by atoms with Crippen molar-refractivity contribution < 1.29 is 125 Å². The van der Waals surface area contributed by atoms with Gasteiger partial charge in [0.25, 0.3) is 35.4 Å². The van der Waals surface area contributed by atoms with Crippen molar-refractivity contribution >= 4 is 129 Å². The van der Waals surface area contributed by atoms with E-state index >= 15 is 0 Å². The molecule has 18 amide bonds. The van der Waals surface area contributed by atoms with Crippen molar-refractivity contribution in [3.8, 4) is 23.0 Å². The normalized spacial score (nSPS) is 23.6. The summed E-state index contributed by atoms with van der Waals surface area (Å²) in [6.07, 6.45) is -1.67. The van der Waals surface area contributed by atoms with E-state index in [2.05, 4.69) is 66.3 Å². The fraction of sp³-hybridized carbons (Fsp3) is 0.462. The Bertz CT molecular complexity index is 4970. The molecule has 2 fully saturated rings. The molecule has 2 unspecified atom stereocenters. The van der Waals surface area contributed by atoms with Gasteiger partial charge in [-0.1, -0.05) is 76.3 Å². The molecule has 12 N–H and O–H groups in total. The first kappa shape index (κ1) is 101. The van der Waals surface area contributed by atoms with Gasteiger partial charge in [-0.15, -0.1) is 0 Å². The van der Waals surface area contributed by atoms with E-state index in [4.69, 9.17) is 28.4 Å². The van der Waals surface area contributed by atoms with Crippen molar-refractivity contribution in [2.45, 2.75) is 199 Å². The van der Waals surface area contributed by atoms with Gasteiger partial charge in [0.15, 0.2) is 35.5 Å². The average molecular weight is 1870 g/mol. The summed E-state index contributed by atoms with van der Waals surface area (Å²) < 4.78 is 35.7. The number of nitrogens with one attached hydrogen (secondary N) is 10. The Morgan fingerprint density at radius 1 is 0.474 bits per heavy atom. The summed E-state index contributed by atoms with van der Waals surface area (Å²) in [5.74, 6) is -12.4. The van der Waals surface area contributed by atoms with Crippen LogP contribution in [0.4, 0.5) is 32.3 Å². The molecule has 0 saturated carbocycles. The van der Waals surface area contributed by atoms with E-state index in [0.717, 1.165) is 43.9 Å². The third-order valence-corrected chi connectivity index (χ3v) is 23.4. The number of imide groups is 2. The number of anilines is 4. The summed E-state index contributed by atoms with van der Waals surface area (Å²) in [6.45, 7) is 15.9. The zero-order chi connectivity index (χ0) is 97.8. The van der Waals surface area contributed by atoms with Crippen LogP contribution in [0, 0.1) is 11.8 Å². The maximum absolute atomic E-state index is 14.5. The van der Waals surface area contributed by atoms with Crippen molar-refractivity contribution in [2.24, 2.45) is 11.8 Å². The first-order valence-electron chi connectivity index (χ1n) is 44.6. The summed E-state index contributed by atoms with van der Waals surface area (Å²) in [5.41, 5.74) is 2.50. The third-order valence-electron chi connectivity index (χ3n) is 23.4. The topological polar surface area (TPSA) is 543 Å². The van der Waals surface area contributed by atoms with E-state index < -0.39 is 192 Å². The number of carbonyl (C=O) groups excluding carboxylic acids is 18. The van der Waals surface area contributed by atoms with Gasteiger partial charge in [0.2, 0.25) is 59.1 Å². The number of amides is 18. The van der Waals surface area contributed by atoms with E-state index in [1.165, 1.54) is 86.4 Å². The molecule has 0 aliphatic carbocycles. The van der Waals surface area contributed by atoms with Gasteiger partial charge in [0.1, 0.15) is 49.5 Å². The Morgan fingerprint density at radius 3 is 1.19 bits per heavy atom. The molecule has 42 heteroatoms. The molecular formula is C93H114N16O26. The highest BCUT2D eigenvalue weighted by atomic mass is 16.6. The smallest absolute Gasteiger partial charge is 0.416 e. The van der Waals surface area contributed by atoms with Crippen LogP contribution < -0.4 is 81.9 Å². The lowest BCUT2D eigenvalue weighted by Crippen LogP contribution is -2.63. The summed E-state index contributed by atoms with van der Waals surface area (Å²) in [6, 6.07) is 7.24. The van der Waals surface area contributed by atoms with Gasteiger partial charge in [-0.05, 0) is 131 Å². The molecular weight excluding hydrogens is 1760 g/mol. The molecule has 135 heavy (non-hydrogen) atoms. The quantitative estimate of drug-likeness (QED) is 0.0637. The Kier molecular flexibility index (Phi) is 34.5. The van der Waals surface area contributed by atoms with Crippen LogP contribution in [0.2, 0.25) is 0 Å². The minimum Gasteiger partial charge on any atom is -0.493 e. The van der Waals surface area contributed by atoms with Gasteiger partial charge < -0.3 is 102 Å².